The fraction of sp³-hybridized carbons (Fsp3) is 0.533. The summed E-state index contributed by atoms with van der Waals surface area (Å²) in [4.78, 5) is 12.1. The number of carbonyl (C=O) groups is 1. The first-order valence-electron chi connectivity index (χ1n) is 6.83. The first-order valence-corrected chi connectivity index (χ1v) is 6.83. The molecule has 0 aliphatic carbocycles. The zero-order chi connectivity index (χ0) is 13.7. The van der Waals surface area contributed by atoms with E-state index in [-0.39, 0.29) is 11.8 Å². The van der Waals surface area contributed by atoms with E-state index in [0.717, 1.165) is 30.7 Å². The number of rotatable bonds is 4. The molecule has 4 heteroatoms. The van der Waals surface area contributed by atoms with Gasteiger partial charge in [-0.2, -0.15) is 0 Å². The molecule has 19 heavy (non-hydrogen) atoms. The predicted octanol–water partition coefficient (Wildman–Crippen LogP) is 1.70. The standard InChI is InChI=1S/C15H22N2O2/c1-11-9-13(7-8-16-11)15(18)17-10-12-3-5-14(19-2)6-4-12/h3-6,11,13,16H,7-10H2,1-2H3,(H,17,18)/t11-,13-/m0/s1. The van der Waals surface area contributed by atoms with Crippen LogP contribution in [-0.4, -0.2) is 25.6 Å². The van der Waals surface area contributed by atoms with Gasteiger partial charge >= 0.3 is 0 Å². The van der Waals surface area contributed by atoms with E-state index in [1.807, 2.05) is 24.3 Å². The average molecular weight is 262 g/mol. The molecular formula is C15H22N2O2. The lowest BCUT2D eigenvalue weighted by Crippen LogP contribution is -2.42. The lowest BCUT2D eigenvalue weighted by Gasteiger charge is -2.27. The Bertz CT molecular complexity index is 417. The van der Waals surface area contributed by atoms with E-state index in [9.17, 15) is 4.79 Å². The van der Waals surface area contributed by atoms with E-state index in [2.05, 4.69) is 17.6 Å². The van der Waals surface area contributed by atoms with Gasteiger partial charge in [0, 0.05) is 18.5 Å². The Balaban J connectivity index is 1.82. The van der Waals surface area contributed by atoms with Crippen LogP contribution in [0.15, 0.2) is 24.3 Å². The van der Waals surface area contributed by atoms with Crippen LogP contribution in [-0.2, 0) is 11.3 Å². The van der Waals surface area contributed by atoms with E-state index in [0.29, 0.717) is 12.6 Å². The number of hydrogen-bond acceptors (Lipinski definition) is 3. The molecule has 0 unspecified atom stereocenters. The summed E-state index contributed by atoms with van der Waals surface area (Å²) < 4.78 is 5.11. The third kappa shape index (κ3) is 3.96. The fourth-order valence-electron chi connectivity index (χ4n) is 2.45. The van der Waals surface area contributed by atoms with E-state index >= 15 is 0 Å². The quantitative estimate of drug-likeness (QED) is 0.868. The zero-order valence-corrected chi connectivity index (χ0v) is 11.6. The van der Waals surface area contributed by atoms with E-state index in [4.69, 9.17) is 4.74 Å². The van der Waals surface area contributed by atoms with Gasteiger partial charge in [0.2, 0.25) is 5.91 Å². The van der Waals surface area contributed by atoms with Crippen molar-refractivity contribution in [1.29, 1.82) is 0 Å². The molecule has 4 nitrogen and oxygen atoms in total. The summed E-state index contributed by atoms with van der Waals surface area (Å²) in [6.07, 6.45) is 1.85. The Morgan fingerprint density at radius 1 is 1.42 bits per heavy atom. The van der Waals surface area contributed by atoms with Crippen molar-refractivity contribution in [1.82, 2.24) is 10.6 Å². The Kier molecular flexibility index (Phi) is 4.80. The summed E-state index contributed by atoms with van der Waals surface area (Å²) in [5.74, 6) is 1.15. The van der Waals surface area contributed by atoms with Gasteiger partial charge in [-0.3, -0.25) is 4.79 Å². The highest BCUT2D eigenvalue weighted by Crippen LogP contribution is 2.16. The molecule has 1 fully saturated rings. The van der Waals surface area contributed by atoms with Gasteiger partial charge in [-0.1, -0.05) is 12.1 Å². The number of hydrogen-bond donors (Lipinski definition) is 2. The van der Waals surface area contributed by atoms with Gasteiger partial charge in [0.15, 0.2) is 0 Å². The lowest BCUT2D eigenvalue weighted by molar-refractivity contribution is -0.126. The van der Waals surface area contributed by atoms with Crippen LogP contribution in [0.5, 0.6) is 5.75 Å². The van der Waals surface area contributed by atoms with Crippen molar-refractivity contribution in [2.24, 2.45) is 5.92 Å². The van der Waals surface area contributed by atoms with Crippen LogP contribution in [0.25, 0.3) is 0 Å². The minimum atomic E-state index is 0.148. The van der Waals surface area contributed by atoms with E-state index < -0.39 is 0 Å². The number of piperidine rings is 1. The lowest BCUT2D eigenvalue weighted by atomic mass is 9.92. The van der Waals surface area contributed by atoms with Crippen molar-refractivity contribution in [3.63, 3.8) is 0 Å². The molecular weight excluding hydrogens is 240 g/mol. The smallest absolute Gasteiger partial charge is 0.223 e. The Hall–Kier alpha value is -1.55. The van der Waals surface area contributed by atoms with Gasteiger partial charge in [-0.25, -0.2) is 0 Å². The van der Waals surface area contributed by atoms with Gasteiger partial charge in [-0.05, 0) is 44.0 Å². The number of methoxy groups -OCH3 is 1. The maximum atomic E-state index is 12.1. The van der Waals surface area contributed by atoms with Crippen LogP contribution in [0.4, 0.5) is 0 Å². The minimum absolute atomic E-state index is 0.148. The molecule has 2 atom stereocenters. The number of benzene rings is 1. The Morgan fingerprint density at radius 2 is 2.16 bits per heavy atom. The molecule has 2 N–H and O–H groups in total. The molecule has 0 aromatic heterocycles. The number of nitrogens with one attached hydrogen (secondary N) is 2. The largest absolute Gasteiger partial charge is 0.497 e. The van der Waals surface area contributed by atoms with Crippen LogP contribution in [0.1, 0.15) is 25.3 Å². The van der Waals surface area contributed by atoms with Crippen LogP contribution in [0.2, 0.25) is 0 Å². The molecule has 1 saturated heterocycles. The third-order valence-electron chi connectivity index (χ3n) is 3.62. The maximum absolute atomic E-state index is 12.1. The summed E-state index contributed by atoms with van der Waals surface area (Å²) in [5.41, 5.74) is 1.09. The third-order valence-corrected chi connectivity index (χ3v) is 3.62. The number of carbonyl (C=O) groups excluding carboxylic acids is 1. The van der Waals surface area contributed by atoms with Crippen molar-refractivity contribution in [3.05, 3.63) is 29.8 Å². The first-order chi connectivity index (χ1) is 9.19. The molecule has 1 aliphatic heterocycles. The maximum Gasteiger partial charge on any atom is 0.223 e. The monoisotopic (exact) mass is 262 g/mol. The molecule has 0 saturated carbocycles. The van der Waals surface area contributed by atoms with Crippen molar-refractivity contribution < 1.29 is 9.53 Å². The normalized spacial score (nSPS) is 22.8. The summed E-state index contributed by atoms with van der Waals surface area (Å²) in [6, 6.07) is 8.21. The summed E-state index contributed by atoms with van der Waals surface area (Å²) >= 11 is 0. The second kappa shape index (κ2) is 6.57. The second-order valence-electron chi connectivity index (χ2n) is 5.14. The van der Waals surface area contributed by atoms with Crippen LogP contribution in [0, 0.1) is 5.92 Å². The molecule has 2 rings (SSSR count). The molecule has 1 amide bonds. The molecule has 1 aromatic rings. The summed E-state index contributed by atoms with van der Waals surface area (Å²) in [7, 11) is 1.65. The number of amides is 1. The molecule has 1 aromatic carbocycles. The molecule has 0 spiro atoms. The predicted molar refractivity (Wildman–Crippen MR) is 75.0 cm³/mol. The van der Waals surface area contributed by atoms with Crippen LogP contribution < -0.4 is 15.4 Å². The van der Waals surface area contributed by atoms with Crippen molar-refractivity contribution >= 4 is 5.91 Å². The van der Waals surface area contributed by atoms with Crippen molar-refractivity contribution in [2.75, 3.05) is 13.7 Å². The Morgan fingerprint density at radius 3 is 2.79 bits per heavy atom. The molecule has 104 valence electrons. The average Bonchev–Trinajstić information content (AvgIpc) is 2.45. The van der Waals surface area contributed by atoms with Gasteiger partial charge in [0.05, 0.1) is 7.11 Å². The first kappa shape index (κ1) is 13.9. The molecule has 1 aliphatic rings. The van der Waals surface area contributed by atoms with Gasteiger partial charge in [0.25, 0.3) is 0 Å². The van der Waals surface area contributed by atoms with Crippen LogP contribution >= 0.6 is 0 Å². The van der Waals surface area contributed by atoms with E-state index in [1.54, 1.807) is 7.11 Å². The highest BCUT2D eigenvalue weighted by atomic mass is 16.5. The molecule has 1 heterocycles. The van der Waals surface area contributed by atoms with Gasteiger partial charge in [0.1, 0.15) is 5.75 Å². The zero-order valence-electron chi connectivity index (χ0n) is 11.6. The minimum Gasteiger partial charge on any atom is -0.497 e. The highest BCUT2D eigenvalue weighted by molar-refractivity contribution is 5.78. The van der Waals surface area contributed by atoms with Gasteiger partial charge < -0.3 is 15.4 Å². The second-order valence-corrected chi connectivity index (χ2v) is 5.14. The van der Waals surface area contributed by atoms with Gasteiger partial charge in [-0.15, -0.1) is 0 Å². The topological polar surface area (TPSA) is 50.4 Å². The van der Waals surface area contributed by atoms with E-state index in [1.165, 1.54) is 0 Å². The Labute approximate surface area is 114 Å². The van der Waals surface area contributed by atoms with Crippen LogP contribution in [0.3, 0.4) is 0 Å². The summed E-state index contributed by atoms with van der Waals surface area (Å²) in [6.45, 7) is 3.64. The highest BCUT2D eigenvalue weighted by Gasteiger charge is 2.24. The molecule has 0 radical (unpaired) electrons. The SMILES string of the molecule is COc1ccc(CNC(=O)[C@H]2CCN[C@@H](C)C2)cc1. The van der Waals surface area contributed by atoms with Crippen molar-refractivity contribution in [3.8, 4) is 5.75 Å². The number of ether oxygens (including phenoxy) is 1. The van der Waals surface area contributed by atoms with Crippen molar-refractivity contribution in [2.45, 2.75) is 32.4 Å². The molecule has 0 bridgehead atoms. The fourth-order valence-corrected chi connectivity index (χ4v) is 2.45. The summed E-state index contributed by atoms with van der Waals surface area (Å²) in [5, 5.41) is 6.38.